The molecule has 0 saturated heterocycles. The topological polar surface area (TPSA) is 280 Å². The third kappa shape index (κ3) is 14.2. The molecule has 332 valence electrons. The van der Waals surface area contributed by atoms with Gasteiger partial charge in [0.25, 0.3) is 5.91 Å². The fraction of sp³-hybridized carbons (Fsp3) is 0.304. The Kier molecular flexibility index (Phi) is 17.2. The molecule has 0 aliphatic heterocycles. The summed E-state index contributed by atoms with van der Waals surface area (Å²) in [6.45, 7) is 1.57. The maximum Gasteiger partial charge on any atom is 0.337 e. The average Bonchev–Trinajstić information content (AvgIpc) is 3.69. The lowest BCUT2D eigenvalue weighted by Gasteiger charge is -2.29. The van der Waals surface area contributed by atoms with E-state index >= 15 is 0 Å². The molecule has 0 aliphatic carbocycles. The molecule has 0 saturated carbocycles. The first-order chi connectivity index (χ1) is 30.3. The molecule has 63 heavy (non-hydrogen) atoms. The van der Waals surface area contributed by atoms with E-state index in [1.165, 1.54) is 19.1 Å². The van der Waals surface area contributed by atoms with Crippen molar-refractivity contribution in [2.24, 2.45) is 17.2 Å². The number of hydrogen-bond acceptors (Lipinski definition) is 9. The van der Waals surface area contributed by atoms with Crippen molar-refractivity contribution >= 4 is 46.5 Å². The minimum atomic E-state index is -1.26. The third-order valence-corrected chi connectivity index (χ3v) is 10.4. The number of phenols is 1. The van der Waals surface area contributed by atoms with Gasteiger partial charge in [-0.1, -0.05) is 91.0 Å². The number of para-hydroxylation sites is 1. The zero-order valence-corrected chi connectivity index (χ0v) is 35.1. The Balaban J connectivity index is 1.34. The van der Waals surface area contributed by atoms with E-state index in [9.17, 15) is 33.9 Å². The quantitative estimate of drug-likeness (QED) is 0.0381. The van der Waals surface area contributed by atoms with Crippen molar-refractivity contribution < 1.29 is 33.9 Å². The Morgan fingerprint density at radius 1 is 0.651 bits per heavy atom. The number of rotatable bonds is 21. The first-order valence-corrected chi connectivity index (χ1v) is 20.8. The number of benzene rings is 4. The number of unbranched alkanes of at least 4 members (excludes halogenated alkanes) is 1. The highest BCUT2D eigenvalue weighted by Gasteiger charge is 2.31. The smallest absolute Gasteiger partial charge is 0.337 e. The Morgan fingerprint density at radius 2 is 1.24 bits per heavy atom. The molecule has 13 N–H and O–H groups in total. The lowest BCUT2D eigenvalue weighted by atomic mass is 10.0. The van der Waals surface area contributed by atoms with E-state index in [0.29, 0.717) is 30.5 Å². The Morgan fingerprint density at radius 3 is 1.89 bits per heavy atom. The molecule has 17 heteroatoms. The van der Waals surface area contributed by atoms with Gasteiger partial charge in [0.1, 0.15) is 29.9 Å². The average molecular weight is 861 g/mol. The molecule has 0 unspecified atom stereocenters. The van der Waals surface area contributed by atoms with Gasteiger partial charge in [-0.3, -0.25) is 29.4 Å². The van der Waals surface area contributed by atoms with E-state index < -0.39 is 65.8 Å². The predicted molar refractivity (Wildman–Crippen MR) is 238 cm³/mol. The van der Waals surface area contributed by atoms with Gasteiger partial charge >= 0.3 is 6.03 Å². The number of nitrogens with one attached hydrogen (secondary N) is 6. The van der Waals surface area contributed by atoms with Crippen LogP contribution in [0.25, 0.3) is 10.9 Å². The summed E-state index contributed by atoms with van der Waals surface area (Å²) < 4.78 is 0. The van der Waals surface area contributed by atoms with Crippen LogP contribution in [0.3, 0.4) is 0 Å². The number of urea groups is 1. The SMILES string of the molecule is C[C@H](NC(=O)[C@@H](Cc1c[nH]c2ccccc12)NC(=O)[C@@H](N)Cc1ccccc1)C(=O)NN(Cc1ccc(O)cc1)C(=O)N[C@H](Cc1ccccc1)C(=O)N[C@@H](CCCCN)C(N)=O. The maximum atomic E-state index is 14.2. The molecule has 0 spiro atoms. The number of carbonyl (C=O) groups is 6. The molecule has 0 aliphatic rings. The van der Waals surface area contributed by atoms with E-state index in [1.807, 2.05) is 54.6 Å². The fourth-order valence-electron chi connectivity index (χ4n) is 6.86. The standard InChI is InChI=1S/C46H56N10O7/c1-29(51-44(61)40(26-33-27-50-37-17-9-8-16-35(33)37)53-43(60)36(48)24-30-12-4-2-5-13-30)42(59)55-56(28-32-19-21-34(57)22-20-32)46(63)54-39(25-31-14-6-3-7-15-31)45(62)52-38(41(49)58)18-10-11-23-47/h2-9,12-17,19-22,27,29,36,38-40,50,57H,10-11,18,23-26,28,47-48H2,1H3,(H2,49,58)(H,51,61)(H,52,62)(H,53,60)(H,54,63)(H,55,59)/t29-,36-,38-,39+,40+/m0/s1. The van der Waals surface area contributed by atoms with Crippen molar-refractivity contribution in [1.29, 1.82) is 0 Å². The number of phenolic OH excluding ortho intramolecular Hbond substituents is 1. The summed E-state index contributed by atoms with van der Waals surface area (Å²) in [5.74, 6) is -3.53. The number of H-pyrrole nitrogens is 1. The highest BCUT2D eigenvalue weighted by molar-refractivity contribution is 5.95. The lowest BCUT2D eigenvalue weighted by Crippen LogP contribution is -2.60. The molecule has 0 bridgehead atoms. The van der Waals surface area contributed by atoms with E-state index in [1.54, 1.807) is 48.7 Å². The van der Waals surface area contributed by atoms with Gasteiger partial charge in [-0.05, 0) is 79.6 Å². The van der Waals surface area contributed by atoms with Crippen molar-refractivity contribution in [3.05, 3.63) is 138 Å². The second-order valence-electron chi connectivity index (χ2n) is 15.3. The number of primary amides is 1. The van der Waals surface area contributed by atoms with Crippen LogP contribution in [-0.4, -0.2) is 87.4 Å². The maximum absolute atomic E-state index is 14.2. The molecule has 4 aromatic carbocycles. The number of aromatic hydroxyl groups is 1. The highest BCUT2D eigenvalue weighted by atomic mass is 16.3. The number of carbonyl (C=O) groups excluding carboxylic acids is 6. The first-order valence-electron chi connectivity index (χ1n) is 20.8. The van der Waals surface area contributed by atoms with Gasteiger partial charge in [-0.2, -0.15) is 0 Å². The fourth-order valence-corrected chi connectivity index (χ4v) is 6.86. The van der Waals surface area contributed by atoms with Crippen LogP contribution < -0.4 is 43.9 Å². The minimum absolute atomic E-state index is 0.0126. The van der Waals surface area contributed by atoms with Gasteiger partial charge in [0.15, 0.2) is 0 Å². The Hall–Kier alpha value is -7.24. The van der Waals surface area contributed by atoms with E-state index in [2.05, 4.69) is 31.7 Å². The largest absolute Gasteiger partial charge is 0.508 e. The Labute approximate surface area is 365 Å². The lowest BCUT2D eigenvalue weighted by molar-refractivity contribution is -0.133. The molecule has 0 fully saturated rings. The molecule has 1 aromatic heterocycles. The van der Waals surface area contributed by atoms with E-state index in [0.717, 1.165) is 27.0 Å². The summed E-state index contributed by atoms with van der Waals surface area (Å²) in [7, 11) is 0. The molecule has 5 aromatic rings. The van der Waals surface area contributed by atoms with Gasteiger partial charge in [-0.25, -0.2) is 9.80 Å². The van der Waals surface area contributed by atoms with Gasteiger partial charge in [-0.15, -0.1) is 0 Å². The number of aromatic amines is 1. The van der Waals surface area contributed by atoms with Crippen molar-refractivity contribution in [1.82, 2.24) is 36.7 Å². The van der Waals surface area contributed by atoms with Crippen LogP contribution in [0.5, 0.6) is 5.75 Å². The molecule has 7 amide bonds. The van der Waals surface area contributed by atoms with Crippen LogP contribution in [-0.2, 0) is 49.8 Å². The number of aromatic nitrogens is 1. The van der Waals surface area contributed by atoms with Crippen LogP contribution in [0.4, 0.5) is 4.79 Å². The molecular formula is C46H56N10O7. The molecule has 0 radical (unpaired) electrons. The third-order valence-electron chi connectivity index (χ3n) is 10.4. The minimum Gasteiger partial charge on any atom is -0.508 e. The van der Waals surface area contributed by atoms with Gasteiger partial charge in [0.05, 0.1) is 12.6 Å². The van der Waals surface area contributed by atoms with Crippen LogP contribution in [0, 0.1) is 0 Å². The number of amides is 7. The van der Waals surface area contributed by atoms with Crippen molar-refractivity contribution in [2.45, 2.75) is 82.2 Å². The first kappa shape index (κ1) is 46.8. The summed E-state index contributed by atoms with van der Waals surface area (Å²) in [5, 5.41) is 22.5. The molecule has 5 atom stereocenters. The van der Waals surface area contributed by atoms with E-state index in [4.69, 9.17) is 17.2 Å². The van der Waals surface area contributed by atoms with Gasteiger partial charge < -0.3 is 48.6 Å². The highest BCUT2D eigenvalue weighted by Crippen LogP contribution is 2.20. The monoisotopic (exact) mass is 860 g/mol. The summed E-state index contributed by atoms with van der Waals surface area (Å²) in [4.78, 5) is 84.8. The number of hydrazine groups is 1. The van der Waals surface area contributed by atoms with Crippen LogP contribution in [0.2, 0.25) is 0 Å². The molecule has 1 heterocycles. The second kappa shape index (κ2) is 23.1. The molecule has 5 rings (SSSR count). The second-order valence-corrected chi connectivity index (χ2v) is 15.3. The van der Waals surface area contributed by atoms with Crippen molar-refractivity contribution in [2.75, 3.05) is 6.54 Å². The Bertz CT molecular complexity index is 2310. The number of nitrogens with zero attached hydrogens (tertiary/aromatic N) is 1. The number of nitrogens with two attached hydrogens (primary N) is 3. The summed E-state index contributed by atoms with van der Waals surface area (Å²) in [6.07, 6.45) is 3.41. The summed E-state index contributed by atoms with van der Waals surface area (Å²) >= 11 is 0. The zero-order valence-electron chi connectivity index (χ0n) is 35.1. The van der Waals surface area contributed by atoms with Gasteiger partial charge in [0, 0.05) is 29.9 Å². The molecule has 17 nitrogen and oxygen atoms in total. The number of hydrogen-bond donors (Lipinski definition) is 10. The van der Waals surface area contributed by atoms with Crippen LogP contribution >= 0.6 is 0 Å². The zero-order chi connectivity index (χ0) is 45.3. The van der Waals surface area contributed by atoms with Crippen molar-refractivity contribution in [3.63, 3.8) is 0 Å². The van der Waals surface area contributed by atoms with Crippen LogP contribution in [0.15, 0.2) is 115 Å². The van der Waals surface area contributed by atoms with E-state index in [-0.39, 0.29) is 38.0 Å². The normalized spacial score (nSPS) is 13.4. The molecular weight excluding hydrogens is 805 g/mol. The summed E-state index contributed by atoms with van der Waals surface area (Å²) in [6, 6.07) is 24.9. The van der Waals surface area contributed by atoms with Gasteiger partial charge in [0.2, 0.25) is 23.6 Å². The predicted octanol–water partition coefficient (Wildman–Crippen LogP) is 1.93. The van der Waals surface area contributed by atoms with Crippen molar-refractivity contribution in [3.8, 4) is 5.75 Å². The number of fused-ring (bicyclic) bond motifs is 1. The van der Waals surface area contributed by atoms with Crippen LogP contribution in [0.1, 0.15) is 48.4 Å². The summed E-state index contributed by atoms with van der Waals surface area (Å²) in [5.41, 5.74) is 23.7.